The number of rotatable bonds is 5. The van der Waals surface area contributed by atoms with Crippen LogP contribution in [0.4, 0.5) is 0 Å². The lowest BCUT2D eigenvalue weighted by Gasteiger charge is -2.18. The lowest BCUT2D eigenvalue weighted by molar-refractivity contribution is -0.120. The number of aromatic nitrogens is 1. The molecule has 30 heavy (non-hydrogen) atoms. The van der Waals surface area contributed by atoms with Crippen molar-refractivity contribution in [1.82, 2.24) is 9.88 Å². The quantitative estimate of drug-likeness (QED) is 0.684. The summed E-state index contributed by atoms with van der Waals surface area (Å²) in [5.41, 5.74) is 4.42. The first-order valence-corrected chi connectivity index (χ1v) is 10.2. The Morgan fingerprint density at radius 1 is 1.10 bits per heavy atom. The maximum atomic E-state index is 13.1. The van der Waals surface area contributed by atoms with Crippen LogP contribution < -0.4 is 5.32 Å². The smallest absolute Gasteiger partial charge is 0.254 e. The van der Waals surface area contributed by atoms with E-state index in [0.717, 1.165) is 16.5 Å². The van der Waals surface area contributed by atoms with Crippen LogP contribution in [-0.2, 0) is 4.79 Å². The summed E-state index contributed by atoms with van der Waals surface area (Å²) in [6.45, 7) is 6.07. The van der Waals surface area contributed by atoms with Crippen LogP contribution in [0.5, 0.6) is 0 Å². The summed E-state index contributed by atoms with van der Waals surface area (Å²) < 4.78 is 2.13. The van der Waals surface area contributed by atoms with Gasteiger partial charge in [-0.2, -0.15) is 0 Å². The van der Waals surface area contributed by atoms with E-state index >= 15 is 0 Å². The van der Waals surface area contributed by atoms with Crippen LogP contribution in [-0.4, -0.2) is 28.6 Å². The second-order valence-electron chi connectivity index (χ2n) is 7.80. The Morgan fingerprint density at radius 3 is 2.53 bits per heavy atom. The van der Waals surface area contributed by atoms with Gasteiger partial charge in [0.25, 0.3) is 11.8 Å². The first-order chi connectivity index (χ1) is 14.5. The second-order valence-corrected chi connectivity index (χ2v) is 7.80. The highest BCUT2D eigenvalue weighted by Gasteiger charge is 2.25. The molecule has 2 aromatic carbocycles. The number of benzene rings is 2. The van der Waals surface area contributed by atoms with E-state index in [1.54, 1.807) is 6.92 Å². The Kier molecular flexibility index (Phi) is 5.36. The summed E-state index contributed by atoms with van der Waals surface area (Å²) >= 11 is 0. The van der Waals surface area contributed by atoms with Gasteiger partial charge in [0.05, 0.1) is 17.5 Å². The second kappa shape index (κ2) is 8.11. The Labute approximate surface area is 176 Å². The largest absolute Gasteiger partial charge is 0.351 e. The van der Waals surface area contributed by atoms with Crippen LogP contribution in [0.3, 0.4) is 0 Å². The molecule has 1 N–H and O–H groups in total. The number of amides is 2. The molecule has 1 aromatic heterocycles. The predicted octanol–water partition coefficient (Wildman–Crippen LogP) is 4.54. The molecule has 1 aliphatic heterocycles. The molecule has 0 bridgehead atoms. The number of para-hydroxylation sites is 1. The molecular formula is C25H25N3O2. The minimum Gasteiger partial charge on any atom is -0.351 e. The van der Waals surface area contributed by atoms with Gasteiger partial charge in [0, 0.05) is 29.4 Å². The molecule has 2 unspecified atom stereocenters. The number of hydrogen-bond acceptors (Lipinski definition) is 2. The highest BCUT2D eigenvalue weighted by Crippen LogP contribution is 2.28. The van der Waals surface area contributed by atoms with Gasteiger partial charge >= 0.3 is 0 Å². The summed E-state index contributed by atoms with van der Waals surface area (Å²) in [7, 11) is 0. The topological polar surface area (TPSA) is 63.5 Å². The molecule has 0 saturated heterocycles. The molecule has 2 heterocycles. The molecule has 2 amide bonds. The van der Waals surface area contributed by atoms with Crippen molar-refractivity contribution in [3.05, 3.63) is 83.6 Å². The molecule has 3 aromatic rings. The van der Waals surface area contributed by atoms with Gasteiger partial charge in [-0.15, -0.1) is 0 Å². The first kappa shape index (κ1) is 19.8. The van der Waals surface area contributed by atoms with Crippen molar-refractivity contribution in [2.75, 3.05) is 6.54 Å². The summed E-state index contributed by atoms with van der Waals surface area (Å²) in [5, 5.41) is 3.84. The molecule has 0 fully saturated rings. The number of allylic oxidation sites excluding steroid dienone is 1. The van der Waals surface area contributed by atoms with E-state index in [4.69, 9.17) is 0 Å². The zero-order valence-corrected chi connectivity index (χ0v) is 17.4. The van der Waals surface area contributed by atoms with Crippen molar-refractivity contribution in [2.45, 2.75) is 26.8 Å². The van der Waals surface area contributed by atoms with Crippen molar-refractivity contribution in [2.24, 2.45) is 10.9 Å². The number of hydrogen-bond donors (Lipinski definition) is 1. The van der Waals surface area contributed by atoms with Crippen molar-refractivity contribution in [1.29, 1.82) is 0 Å². The van der Waals surface area contributed by atoms with E-state index in [0.29, 0.717) is 11.3 Å². The molecule has 1 aliphatic rings. The highest BCUT2D eigenvalue weighted by atomic mass is 16.2. The number of dihydropyridines is 1. The highest BCUT2D eigenvalue weighted by molar-refractivity contribution is 6.08. The molecule has 0 aliphatic carbocycles. The van der Waals surface area contributed by atoms with Crippen LogP contribution in [0.1, 0.15) is 42.7 Å². The molecule has 0 radical (unpaired) electrons. The summed E-state index contributed by atoms with van der Waals surface area (Å²) in [6.07, 6.45) is 3.80. The minimum atomic E-state index is -0.408. The van der Waals surface area contributed by atoms with Crippen molar-refractivity contribution in [3.8, 4) is 0 Å². The van der Waals surface area contributed by atoms with Crippen molar-refractivity contribution >= 4 is 28.4 Å². The minimum absolute atomic E-state index is 0.0834. The van der Waals surface area contributed by atoms with Gasteiger partial charge in [-0.25, -0.2) is 4.99 Å². The lowest BCUT2D eigenvalue weighted by Crippen LogP contribution is -2.34. The third-order valence-corrected chi connectivity index (χ3v) is 5.72. The van der Waals surface area contributed by atoms with Gasteiger partial charge in [0.2, 0.25) is 0 Å². The fourth-order valence-corrected chi connectivity index (χ4v) is 4.05. The number of aliphatic imine (C=N–C) groups is 1. The Hall–Kier alpha value is -3.47. The monoisotopic (exact) mass is 399 g/mol. The van der Waals surface area contributed by atoms with Crippen LogP contribution in [0.25, 0.3) is 10.9 Å². The maximum Gasteiger partial charge on any atom is 0.254 e. The fourth-order valence-electron chi connectivity index (χ4n) is 4.05. The standard InChI is InChI=1S/C25H25N3O2/c1-16-13-17(2)27-25(30)21(16)14-26-24(29)22-15-28(23-12-8-7-11-20(22)23)18(3)19-9-5-4-6-10-19/h4-13,15,18,21H,14H2,1-3H3,(H,26,29). The van der Waals surface area contributed by atoms with Crippen LogP contribution in [0.15, 0.2) is 77.4 Å². The molecule has 4 rings (SSSR count). The number of carbonyl (C=O) groups is 2. The molecule has 5 heteroatoms. The molecule has 0 spiro atoms. The fraction of sp³-hybridized carbons (Fsp3) is 0.240. The zero-order chi connectivity index (χ0) is 21.3. The average Bonchev–Trinajstić information content (AvgIpc) is 3.13. The summed E-state index contributed by atoms with van der Waals surface area (Å²) in [6, 6.07) is 18.2. The van der Waals surface area contributed by atoms with E-state index < -0.39 is 5.92 Å². The van der Waals surface area contributed by atoms with Gasteiger partial charge in [-0.05, 0) is 38.5 Å². The van der Waals surface area contributed by atoms with Crippen molar-refractivity contribution in [3.63, 3.8) is 0 Å². The Bertz CT molecular complexity index is 1170. The van der Waals surface area contributed by atoms with Gasteiger partial charge in [-0.1, -0.05) is 54.1 Å². The normalized spacial score (nSPS) is 17.4. The van der Waals surface area contributed by atoms with E-state index in [9.17, 15) is 9.59 Å². The Balaban J connectivity index is 1.61. The van der Waals surface area contributed by atoms with E-state index in [1.807, 2.05) is 61.7 Å². The van der Waals surface area contributed by atoms with Gasteiger partial charge in [-0.3, -0.25) is 9.59 Å². The van der Waals surface area contributed by atoms with Gasteiger partial charge in [0.1, 0.15) is 0 Å². The predicted molar refractivity (Wildman–Crippen MR) is 120 cm³/mol. The van der Waals surface area contributed by atoms with Crippen LogP contribution >= 0.6 is 0 Å². The third-order valence-electron chi connectivity index (χ3n) is 5.72. The molecular weight excluding hydrogens is 374 g/mol. The van der Waals surface area contributed by atoms with E-state index in [-0.39, 0.29) is 24.4 Å². The van der Waals surface area contributed by atoms with Gasteiger partial charge in [0.15, 0.2) is 0 Å². The summed E-state index contributed by atoms with van der Waals surface area (Å²) in [5.74, 6) is -0.792. The number of nitrogens with zero attached hydrogens (tertiary/aromatic N) is 2. The van der Waals surface area contributed by atoms with E-state index in [1.165, 1.54) is 5.56 Å². The van der Waals surface area contributed by atoms with E-state index in [2.05, 4.69) is 33.9 Å². The first-order valence-electron chi connectivity index (χ1n) is 10.2. The van der Waals surface area contributed by atoms with Crippen LogP contribution in [0.2, 0.25) is 0 Å². The molecule has 5 nitrogen and oxygen atoms in total. The molecule has 152 valence electrons. The SMILES string of the molecule is CC1=CC(C)=NC(=O)C1CNC(=O)c1cn(C(C)c2ccccc2)c2ccccc12. The number of fused-ring (bicyclic) bond motifs is 1. The maximum absolute atomic E-state index is 13.1. The molecule has 0 saturated carbocycles. The zero-order valence-electron chi connectivity index (χ0n) is 17.4. The number of nitrogens with one attached hydrogen (secondary N) is 1. The molecule has 2 atom stereocenters. The number of carbonyl (C=O) groups excluding carboxylic acids is 2. The van der Waals surface area contributed by atoms with Gasteiger partial charge < -0.3 is 9.88 Å². The van der Waals surface area contributed by atoms with Crippen molar-refractivity contribution < 1.29 is 9.59 Å². The van der Waals surface area contributed by atoms with Crippen LogP contribution in [0, 0.1) is 5.92 Å². The Morgan fingerprint density at radius 2 is 1.80 bits per heavy atom. The lowest BCUT2D eigenvalue weighted by atomic mass is 9.95. The average molecular weight is 399 g/mol. The summed E-state index contributed by atoms with van der Waals surface area (Å²) in [4.78, 5) is 29.3. The third kappa shape index (κ3) is 3.71.